The van der Waals surface area contributed by atoms with E-state index in [4.69, 9.17) is 0 Å². The molecule has 5 nitrogen and oxygen atoms in total. The van der Waals surface area contributed by atoms with E-state index in [0.29, 0.717) is 0 Å². The Bertz CT molecular complexity index is 253. The number of rotatable bonds is 2. The topological polar surface area (TPSA) is 80.5 Å². The van der Waals surface area contributed by atoms with Crippen molar-refractivity contribution < 1.29 is 9.63 Å². The van der Waals surface area contributed by atoms with Gasteiger partial charge in [0.1, 0.15) is 0 Å². The Kier molecular flexibility index (Phi) is 2.27. The van der Waals surface area contributed by atoms with Crippen LogP contribution in [0.3, 0.4) is 0 Å². The van der Waals surface area contributed by atoms with Crippen LogP contribution in [-0.4, -0.2) is 17.3 Å². The van der Waals surface area contributed by atoms with Crippen molar-refractivity contribution >= 4 is 12.3 Å². The molecule has 1 rings (SSSR count). The van der Waals surface area contributed by atoms with Crippen molar-refractivity contribution in [3.63, 3.8) is 0 Å². The zero-order valence-corrected chi connectivity index (χ0v) is 5.65. The van der Waals surface area contributed by atoms with E-state index in [-0.39, 0.29) is 0 Å². The van der Waals surface area contributed by atoms with Crippen molar-refractivity contribution in [1.82, 2.24) is 4.98 Å². The fourth-order valence-electron chi connectivity index (χ4n) is 0.560. The van der Waals surface area contributed by atoms with Crippen LogP contribution in [-0.2, 0) is 4.84 Å². The Hall–Kier alpha value is -1.78. The van der Waals surface area contributed by atoms with Crippen LogP contribution in [0.1, 0.15) is 5.69 Å². The summed E-state index contributed by atoms with van der Waals surface area (Å²) in [5.41, 5.74) is 5.39. The highest BCUT2D eigenvalue weighted by Crippen LogP contribution is 1.88. The molecule has 0 aliphatic rings. The third-order valence-electron chi connectivity index (χ3n) is 0.956. The number of nitrogens with zero attached hydrogens (tertiary/aromatic N) is 1. The summed E-state index contributed by atoms with van der Waals surface area (Å²) >= 11 is 0. The molecule has 0 aliphatic carbocycles. The Labute approximate surface area is 62.8 Å². The largest absolute Gasteiger partial charge is 0.430 e. The normalized spacial score (nSPS) is 10.2. The highest BCUT2D eigenvalue weighted by atomic mass is 16.7. The maximum Gasteiger partial charge on any atom is 0.430 e. The number of H-pyrrole nitrogens is 1. The quantitative estimate of drug-likeness (QED) is 0.367. The van der Waals surface area contributed by atoms with Crippen LogP contribution >= 0.6 is 0 Å². The summed E-state index contributed by atoms with van der Waals surface area (Å²) in [4.78, 5) is 16.9. The van der Waals surface area contributed by atoms with Gasteiger partial charge >= 0.3 is 6.09 Å². The van der Waals surface area contributed by atoms with Gasteiger partial charge in [0.25, 0.3) is 0 Å². The molecular formula is C6H7N3O2. The van der Waals surface area contributed by atoms with Crippen LogP contribution in [0.5, 0.6) is 0 Å². The molecule has 0 aliphatic heterocycles. The first-order valence-electron chi connectivity index (χ1n) is 2.92. The molecule has 1 aromatic heterocycles. The Balaban J connectivity index is 2.43. The van der Waals surface area contributed by atoms with Gasteiger partial charge in [-0.2, -0.15) is 0 Å². The lowest BCUT2D eigenvalue weighted by Crippen LogP contribution is -2.09. The summed E-state index contributed by atoms with van der Waals surface area (Å²) in [6, 6.07) is 3.57. The number of nitrogens with one attached hydrogen (secondary N) is 1. The van der Waals surface area contributed by atoms with Gasteiger partial charge in [-0.1, -0.05) is 5.16 Å². The predicted octanol–water partition coefficient (Wildman–Crippen LogP) is 0.444. The number of amides is 1. The average molecular weight is 153 g/mol. The van der Waals surface area contributed by atoms with Gasteiger partial charge < -0.3 is 10.7 Å². The summed E-state index contributed by atoms with van der Waals surface area (Å²) < 4.78 is 0. The van der Waals surface area contributed by atoms with Crippen LogP contribution in [0.4, 0.5) is 4.79 Å². The molecule has 1 heterocycles. The lowest BCUT2D eigenvalue weighted by atomic mass is 10.5. The van der Waals surface area contributed by atoms with Gasteiger partial charge in [0.2, 0.25) is 0 Å². The molecule has 0 saturated heterocycles. The lowest BCUT2D eigenvalue weighted by Gasteiger charge is -1.86. The molecular weight excluding hydrogens is 146 g/mol. The Morgan fingerprint density at radius 1 is 1.82 bits per heavy atom. The minimum absolute atomic E-state index is 0.742. The van der Waals surface area contributed by atoms with Crippen LogP contribution in [0.2, 0.25) is 0 Å². The molecule has 0 radical (unpaired) electrons. The number of primary amides is 1. The first-order chi connectivity index (χ1) is 5.29. The molecule has 0 saturated carbocycles. The molecule has 0 bridgehead atoms. The maximum atomic E-state index is 10.0. The van der Waals surface area contributed by atoms with Gasteiger partial charge in [-0.3, -0.25) is 4.84 Å². The SMILES string of the molecule is NC(=O)ON=Cc1ccc[nH]1. The highest BCUT2D eigenvalue weighted by Gasteiger charge is 1.88. The van der Waals surface area contributed by atoms with Crippen molar-refractivity contribution in [3.8, 4) is 0 Å². The van der Waals surface area contributed by atoms with Gasteiger partial charge in [-0.05, 0) is 12.1 Å². The average Bonchev–Trinajstić information content (AvgIpc) is 2.39. The van der Waals surface area contributed by atoms with Crippen molar-refractivity contribution in [2.24, 2.45) is 10.9 Å². The van der Waals surface area contributed by atoms with Crippen molar-refractivity contribution in [3.05, 3.63) is 24.0 Å². The van der Waals surface area contributed by atoms with E-state index < -0.39 is 6.09 Å². The molecule has 3 N–H and O–H groups in total. The highest BCUT2D eigenvalue weighted by molar-refractivity contribution is 5.77. The number of carbonyl (C=O) groups is 1. The standard InChI is InChI=1S/C6H7N3O2/c7-6(10)11-9-4-5-2-1-3-8-5/h1-4,8H,(H2,7,10). The number of hydrogen-bond acceptors (Lipinski definition) is 3. The third-order valence-corrected chi connectivity index (χ3v) is 0.956. The molecule has 0 unspecified atom stereocenters. The molecule has 0 atom stereocenters. The number of hydrogen-bond donors (Lipinski definition) is 2. The molecule has 1 amide bonds. The van der Waals surface area contributed by atoms with Crippen LogP contribution in [0.25, 0.3) is 0 Å². The molecule has 0 spiro atoms. The van der Waals surface area contributed by atoms with Crippen LogP contribution < -0.4 is 5.73 Å². The predicted molar refractivity (Wildman–Crippen MR) is 39.1 cm³/mol. The molecule has 11 heavy (non-hydrogen) atoms. The molecule has 5 heteroatoms. The molecule has 1 aromatic rings. The minimum Gasteiger partial charge on any atom is -0.360 e. The van der Waals surface area contributed by atoms with Gasteiger partial charge in [0.05, 0.1) is 11.9 Å². The fraction of sp³-hybridized carbons (Fsp3) is 0. The summed E-state index contributed by atoms with van der Waals surface area (Å²) in [5.74, 6) is 0. The second kappa shape index (κ2) is 3.40. The van der Waals surface area contributed by atoms with Crippen LogP contribution in [0.15, 0.2) is 23.5 Å². The van der Waals surface area contributed by atoms with E-state index in [9.17, 15) is 4.79 Å². The van der Waals surface area contributed by atoms with Crippen molar-refractivity contribution in [1.29, 1.82) is 0 Å². The van der Waals surface area contributed by atoms with Gasteiger partial charge in [-0.15, -0.1) is 0 Å². The van der Waals surface area contributed by atoms with E-state index in [2.05, 4.69) is 20.7 Å². The number of aromatic nitrogens is 1. The molecule has 0 fully saturated rings. The maximum absolute atomic E-state index is 10.0. The zero-order chi connectivity index (χ0) is 8.10. The van der Waals surface area contributed by atoms with Crippen molar-refractivity contribution in [2.75, 3.05) is 0 Å². The second-order valence-electron chi connectivity index (χ2n) is 1.77. The Morgan fingerprint density at radius 2 is 2.64 bits per heavy atom. The lowest BCUT2D eigenvalue weighted by molar-refractivity contribution is 0.162. The summed E-state index contributed by atoms with van der Waals surface area (Å²) in [6.07, 6.45) is 2.16. The van der Waals surface area contributed by atoms with Gasteiger partial charge in [-0.25, -0.2) is 4.79 Å². The van der Waals surface area contributed by atoms with Crippen LogP contribution in [0, 0.1) is 0 Å². The smallest absolute Gasteiger partial charge is 0.360 e. The van der Waals surface area contributed by atoms with E-state index in [1.807, 2.05) is 0 Å². The fourth-order valence-corrected chi connectivity index (χ4v) is 0.560. The van der Waals surface area contributed by atoms with E-state index in [0.717, 1.165) is 5.69 Å². The number of aromatic amines is 1. The van der Waals surface area contributed by atoms with Gasteiger partial charge in [0.15, 0.2) is 0 Å². The molecule has 58 valence electrons. The van der Waals surface area contributed by atoms with Gasteiger partial charge in [0, 0.05) is 6.20 Å². The number of carbonyl (C=O) groups excluding carboxylic acids is 1. The zero-order valence-electron chi connectivity index (χ0n) is 5.65. The minimum atomic E-state index is -0.923. The summed E-state index contributed by atoms with van der Waals surface area (Å²) in [5, 5.41) is 3.28. The first kappa shape index (κ1) is 7.33. The third kappa shape index (κ3) is 2.53. The summed E-state index contributed by atoms with van der Waals surface area (Å²) in [6.45, 7) is 0. The van der Waals surface area contributed by atoms with Crippen molar-refractivity contribution in [2.45, 2.75) is 0 Å². The Morgan fingerprint density at radius 3 is 3.18 bits per heavy atom. The summed E-state index contributed by atoms with van der Waals surface area (Å²) in [7, 11) is 0. The van der Waals surface area contributed by atoms with E-state index in [1.165, 1.54) is 6.21 Å². The first-order valence-corrected chi connectivity index (χ1v) is 2.92. The van der Waals surface area contributed by atoms with E-state index >= 15 is 0 Å². The second-order valence-corrected chi connectivity index (χ2v) is 1.77. The number of oxime groups is 1. The molecule has 0 aromatic carbocycles. The van der Waals surface area contributed by atoms with E-state index in [1.54, 1.807) is 18.3 Å². The number of nitrogens with two attached hydrogens (primary N) is 1. The monoisotopic (exact) mass is 153 g/mol.